The topological polar surface area (TPSA) is 53.4 Å². The maximum absolute atomic E-state index is 14.5. The van der Waals surface area contributed by atoms with Crippen molar-refractivity contribution in [2.45, 2.75) is 40.0 Å². The van der Waals surface area contributed by atoms with Crippen LogP contribution in [0.5, 0.6) is 0 Å². The van der Waals surface area contributed by atoms with Crippen molar-refractivity contribution in [2.24, 2.45) is 5.41 Å². The van der Waals surface area contributed by atoms with Crippen molar-refractivity contribution in [3.8, 4) is 11.1 Å². The number of rotatable bonds is 4. The molecule has 3 rings (SSSR count). The number of pyridine rings is 1. The van der Waals surface area contributed by atoms with Gasteiger partial charge in [-0.05, 0) is 31.2 Å². The first-order valence-corrected chi connectivity index (χ1v) is 9.19. The summed E-state index contributed by atoms with van der Waals surface area (Å²) in [5.74, 6) is -4.42. The number of aromatic nitrogens is 1. The molecule has 1 saturated heterocycles. The summed E-state index contributed by atoms with van der Waals surface area (Å²) < 4.78 is 42.2. The molecule has 0 aliphatic carbocycles. The Kier molecular flexibility index (Phi) is 5.37. The quantitative estimate of drug-likeness (QED) is 0.765. The third-order valence-electron chi connectivity index (χ3n) is 5.41. The number of anilines is 1. The molecule has 1 aliphatic rings. The van der Waals surface area contributed by atoms with Crippen molar-refractivity contribution in [1.29, 1.82) is 0 Å². The molecule has 28 heavy (non-hydrogen) atoms. The van der Waals surface area contributed by atoms with Crippen molar-refractivity contribution < 1.29 is 23.1 Å². The first kappa shape index (κ1) is 20.2. The number of carboxylic acids is 1. The van der Waals surface area contributed by atoms with Gasteiger partial charge in [-0.15, -0.1) is 0 Å². The number of piperidine rings is 1. The molecule has 150 valence electrons. The first-order chi connectivity index (χ1) is 13.1. The zero-order chi connectivity index (χ0) is 20.6. The van der Waals surface area contributed by atoms with Gasteiger partial charge in [0, 0.05) is 47.7 Å². The van der Waals surface area contributed by atoms with E-state index < -0.39 is 23.4 Å². The van der Waals surface area contributed by atoms with Gasteiger partial charge in [0.15, 0.2) is 11.6 Å². The number of halogens is 3. The molecule has 1 N–H and O–H groups in total. The molecular weight excluding hydrogens is 369 g/mol. The fourth-order valence-corrected chi connectivity index (χ4v) is 3.64. The molecule has 0 saturated carbocycles. The average molecular weight is 392 g/mol. The largest absolute Gasteiger partial charge is 0.481 e. The van der Waals surface area contributed by atoms with E-state index in [1.54, 1.807) is 6.92 Å². The fraction of sp³-hybridized carbons (Fsp3) is 0.429. The number of hydrogen-bond donors (Lipinski definition) is 1. The number of aryl methyl sites for hydroxylation is 1. The summed E-state index contributed by atoms with van der Waals surface area (Å²) in [6.45, 7) is 7.26. The Bertz CT molecular complexity index is 918. The lowest BCUT2D eigenvalue weighted by molar-refractivity contribution is -0.136. The molecule has 0 atom stereocenters. The van der Waals surface area contributed by atoms with Crippen LogP contribution in [0.3, 0.4) is 0 Å². The van der Waals surface area contributed by atoms with Gasteiger partial charge in [-0.25, -0.2) is 13.2 Å². The van der Waals surface area contributed by atoms with E-state index in [1.165, 1.54) is 6.20 Å². The number of hydrogen-bond acceptors (Lipinski definition) is 3. The summed E-state index contributed by atoms with van der Waals surface area (Å²) in [6, 6.07) is 1.41. The Hall–Kier alpha value is -2.57. The van der Waals surface area contributed by atoms with Crippen LogP contribution in [0.25, 0.3) is 11.1 Å². The van der Waals surface area contributed by atoms with Crippen LogP contribution in [0, 0.1) is 29.8 Å². The lowest BCUT2D eigenvalue weighted by Crippen LogP contribution is -2.38. The number of carbonyl (C=O) groups is 1. The van der Waals surface area contributed by atoms with Crippen molar-refractivity contribution in [1.82, 2.24) is 4.98 Å². The molecule has 2 aromatic rings. The maximum Gasteiger partial charge on any atom is 0.307 e. The van der Waals surface area contributed by atoms with Crippen LogP contribution in [-0.4, -0.2) is 29.1 Å². The van der Waals surface area contributed by atoms with E-state index in [-0.39, 0.29) is 23.0 Å². The molecule has 0 radical (unpaired) electrons. The monoisotopic (exact) mass is 392 g/mol. The highest BCUT2D eigenvalue weighted by atomic mass is 19.2. The van der Waals surface area contributed by atoms with Crippen molar-refractivity contribution in [2.75, 3.05) is 18.0 Å². The van der Waals surface area contributed by atoms with E-state index in [9.17, 15) is 23.1 Å². The van der Waals surface area contributed by atoms with Crippen LogP contribution in [0.1, 0.15) is 37.9 Å². The first-order valence-electron chi connectivity index (χ1n) is 9.19. The van der Waals surface area contributed by atoms with Crippen LogP contribution in [-0.2, 0) is 11.2 Å². The van der Waals surface area contributed by atoms with Crippen LogP contribution in [0.15, 0.2) is 18.3 Å². The van der Waals surface area contributed by atoms with E-state index in [0.29, 0.717) is 36.1 Å². The van der Waals surface area contributed by atoms with E-state index in [0.717, 1.165) is 18.9 Å². The lowest BCUT2D eigenvalue weighted by atomic mass is 9.82. The van der Waals surface area contributed by atoms with Crippen molar-refractivity contribution in [3.63, 3.8) is 0 Å². The zero-order valence-corrected chi connectivity index (χ0v) is 16.2. The van der Waals surface area contributed by atoms with E-state index in [1.807, 2.05) is 4.90 Å². The normalized spacial score (nSPS) is 16.3. The molecular formula is C21H23F3N2O2. The fourth-order valence-electron chi connectivity index (χ4n) is 3.64. The van der Waals surface area contributed by atoms with Crippen LogP contribution in [0.4, 0.5) is 18.9 Å². The summed E-state index contributed by atoms with van der Waals surface area (Å²) >= 11 is 0. The minimum absolute atomic E-state index is 0.141. The van der Waals surface area contributed by atoms with E-state index >= 15 is 0 Å². The molecule has 1 aromatic heterocycles. The van der Waals surface area contributed by atoms with Gasteiger partial charge < -0.3 is 10.0 Å². The third kappa shape index (κ3) is 3.98. The molecule has 0 spiro atoms. The zero-order valence-electron chi connectivity index (χ0n) is 16.2. The van der Waals surface area contributed by atoms with Gasteiger partial charge in [0.25, 0.3) is 0 Å². The van der Waals surface area contributed by atoms with Crippen molar-refractivity contribution in [3.05, 3.63) is 47.0 Å². The van der Waals surface area contributed by atoms with Gasteiger partial charge in [-0.3, -0.25) is 9.78 Å². The van der Waals surface area contributed by atoms with Gasteiger partial charge in [-0.1, -0.05) is 13.8 Å². The Morgan fingerprint density at radius 1 is 1.18 bits per heavy atom. The Balaban J connectivity index is 2.22. The third-order valence-corrected chi connectivity index (χ3v) is 5.41. The minimum atomic E-state index is -1.29. The van der Waals surface area contributed by atoms with Crippen molar-refractivity contribution >= 4 is 11.7 Å². The Labute approximate surface area is 162 Å². The second-order valence-electron chi connectivity index (χ2n) is 8.06. The molecule has 1 aromatic carbocycles. The van der Waals surface area contributed by atoms with E-state index in [4.69, 9.17) is 0 Å². The van der Waals surface area contributed by atoms with Gasteiger partial charge in [-0.2, -0.15) is 0 Å². The predicted molar refractivity (Wildman–Crippen MR) is 101 cm³/mol. The number of aliphatic carboxylic acids is 1. The number of carboxylic acid groups (broad SMARTS) is 1. The minimum Gasteiger partial charge on any atom is -0.481 e. The summed E-state index contributed by atoms with van der Waals surface area (Å²) in [5.41, 5.74) is 1.53. The van der Waals surface area contributed by atoms with Gasteiger partial charge in [0.1, 0.15) is 5.82 Å². The van der Waals surface area contributed by atoms with Crippen LogP contribution < -0.4 is 4.90 Å². The highest BCUT2D eigenvalue weighted by Crippen LogP contribution is 2.41. The molecule has 1 aliphatic heterocycles. The highest BCUT2D eigenvalue weighted by molar-refractivity contribution is 5.84. The lowest BCUT2D eigenvalue weighted by Gasteiger charge is -2.40. The predicted octanol–water partition coefficient (Wildman–Crippen LogP) is 4.73. The van der Waals surface area contributed by atoms with Gasteiger partial charge in [0.2, 0.25) is 0 Å². The molecule has 1 fully saturated rings. The number of nitrogens with zero attached hydrogens (tertiary/aromatic N) is 2. The molecule has 0 amide bonds. The summed E-state index contributed by atoms with van der Waals surface area (Å²) in [7, 11) is 0. The summed E-state index contributed by atoms with van der Waals surface area (Å²) in [4.78, 5) is 17.6. The second-order valence-corrected chi connectivity index (χ2v) is 8.06. The molecule has 0 unspecified atom stereocenters. The average Bonchev–Trinajstić information content (AvgIpc) is 2.60. The smallest absolute Gasteiger partial charge is 0.307 e. The second kappa shape index (κ2) is 7.45. The van der Waals surface area contributed by atoms with Crippen LogP contribution >= 0.6 is 0 Å². The molecule has 0 bridgehead atoms. The van der Waals surface area contributed by atoms with Gasteiger partial charge >= 0.3 is 5.97 Å². The number of benzene rings is 1. The summed E-state index contributed by atoms with van der Waals surface area (Å²) in [5, 5.41) is 9.36. The molecule has 2 heterocycles. The molecule has 4 nitrogen and oxygen atoms in total. The van der Waals surface area contributed by atoms with Crippen LogP contribution in [0.2, 0.25) is 0 Å². The van der Waals surface area contributed by atoms with E-state index in [2.05, 4.69) is 18.8 Å². The Morgan fingerprint density at radius 2 is 1.82 bits per heavy atom. The molecule has 7 heteroatoms. The van der Waals surface area contributed by atoms with Gasteiger partial charge in [0.05, 0.1) is 12.1 Å². The summed E-state index contributed by atoms with van der Waals surface area (Å²) in [6.07, 6.45) is 2.79. The SMILES string of the molecule is Cc1ncc(-c2cc(F)cc(F)c2F)c(N2CCC(C)(C)CC2)c1CC(=O)O. The highest BCUT2D eigenvalue weighted by Gasteiger charge is 2.30. The maximum atomic E-state index is 14.5. The standard InChI is InChI=1S/C21H23F3N2O2/c1-12-14(10-18(27)28)20(26-6-4-21(2,3)5-7-26)16(11-25-12)15-8-13(22)9-17(23)19(15)24/h8-9,11H,4-7,10H2,1-3H3,(H,27,28). The Morgan fingerprint density at radius 3 is 2.43 bits per heavy atom.